The molecule has 150 valence electrons. The highest BCUT2D eigenvalue weighted by Crippen LogP contribution is 2.26. The topological polar surface area (TPSA) is 84.5 Å². The van der Waals surface area contributed by atoms with Crippen LogP contribution < -0.4 is 10.0 Å². The van der Waals surface area contributed by atoms with Gasteiger partial charge >= 0.3 is 0 Å². The smallest absolute Gasteiger partial charge is 0.261 e. The molecule has 8 heteroatoms. The van der Waals surface area contributed by atoms with Crippen LogP contribution in [0.3, 0.4) is 0 Å². The molecule has 0 aliphatic carbocycles. The van der Waals surface area contributed by atoms with Crippen LogP contribution in [0.15, 0.2) is 51.8 Å². The molecule has 28 heavy (non-hydrogen) atoms. The maximum atomic E-state index is 12.8. The van der Waals surface area contributed by atoms with Gasteiger partial charge in [-0.3, -0.25) is 9.52 Å². The molecule has 3 rings (SSSR count). The van der Waals surface area contributed by atoms with E-state index in [0.717, 1.165) is 18.4 Å². The second-order valence-corrected chi connectivity index (χ2v) is 9.47. The van der Waals surface area contributed by atoms with E-state index in [0.29, 0.717) is 16.8 Å². The number of halogens is 1. The summed E-state index contributed by atoms with van der Waals surface area (Å²) in [5.74, 6) is -0.322. The average molecular weight is 467 g/mol. The summed E-state index contributed by atoms with van der Waals surface area (Å²) in [5.41, 5.74) is 1.66. The lowest BCUT2D eigenvalue weighted by atomic mass is 10.1. The lowest BCUT2D eigenvalue weighted by Gasteiger charge is -2.20. The third kappa shape index (κ3) is 4.92. The average Bonchev–Trinajstić information content (AvgIpc) is 3.19. The largest absolute Gasteiger partial charge is 0.376 e. The zero-order valence-corrected chi connectivity index (χ0v) is 18.1. The van der Waals surface area contributed by atoms with Crippen LogP contribution in [0.5, 0.6) is 0 Å². The maximum absolute atomic E-state index is 12.8. The van der Waals surface area contributed by atoms with E-state index < -0.39 is 10.0 Å². The molecule has 2 aromatic rings. The fourth-order valence-electron chi connectivity index (χ4n) is 3.11. The van der Waals surface area contributed by atoms with Gasteiger partial charge in [-0.15, -0.1) is 0 Å². The van der Waals surface area contributed by atoms with Gasteiger partial charge in [0.1, 0.15) is 0 Å². The number of carbonyl (C=O) groups is 1. The number of amides is 1. The molecular weight excluding hydrogens is 444 g/mol. The predicted octanol–water partition coefficient (Wildman–Crippen LogP) is 3.86. The van der Waals surface area contributed by atoms with Gasteiger partial charge in [0.2, 0.25) is 0 Å². The molecule has 2 atom stereocenters. The Hall–Kier alpha value is -1.90. The molecule has 0 bridgehead atoms. The third-order valence-corrected chi connectivity index (χ3v) is 6.71. The molecular formula is C20H23BrN2O4S. The van der Waals surface area contributed by atoms with Crippen molar-refractivity contribution in [1.82, 2.24) is 5.32 Å². The van der Waals surface area contributed by atoms with Crippen molar-refractivity contribution in [1.29, 1.82) is 0 Å². The number of carbonyl (C=O) groups excluding carboxylic acids is 1. The van der Waals surface area contributed by atoms with E-state index in [1.165, 1.54) is 12.1 Å². The summed E-state index contributed by atoms with van der Waals surface area (Å²) in [5, 5.41) is 2.90. The molecule has 1 aliphatic heterocycles. The van der Waals surface area contributed by atoms with Gasteiger partial charge in [0.25, 0.3) is 15.9 Å². The number of rotatable bonds is 6. The summed E-state index contributed by atoms with van der Waals surface area (Å²) < 4.78 is 34.4. The summed E-state index contributed by atoms with van der Waals surface area (Å²) in [7, 11) is -3.84. The molecule has 0 unspecified atom stereocenters. The first kappa shape index (κ1) is 20.8. The molecule has 1 saturated heterocycles. The molecule has 0 spiro atoms. The first-order chi connectivity index (χ1) is 13.3. The standard InChI is InChI=1S/C20H23BrN2O4S/c1-13-8-9-17(21)18(11-13)23-28(25,26)16-6-3-5-15(12-16)20(24)22-14(2)19-7-4-10-27-19/h3,5-6,8-9,11-12,14,19,23H,4,7,10H2,1-2H3,(H,22,24)/t14-,19+/m1/s1. The molecule has 1 aliphatic rings. The van der Waals surface area contributed by atoms with Crippen molar-refractivity contribution in [3.63, 3.8) is 0 Å². The molecule has 2 aromatic carbocycles. The van der Waals surface area contributed by atoms with Crippen LogP contribution in [0.25, 0.3) is 0 Å². The quantitative estimate of drug-likeness (QED) is 0.676. The second-order valence-electron chi connectivity index (χ2n) is 6.93. The first-order valence-corrected chi connectivity index (χ1v) is 11.4. The summed E-state index contributed by atoms with van der Waals surface area (Å²) >= 11 is 3.35. The van der Waals surface area contributed by atoms with Gasteiger partial charge in [0, 0.05) is 16.6 Å². The van der Waals surface area contributed by atoms with E-state index in [2.05, 4.69) is 26.0 Å². The van der Waals surface area contributed by atoms with E-state index in [1.807, 2.05) is 19.9 Å². The minimum Gasteiger partial charge on any atom is -0.376 e. The monoisotopic (exact) mass is 466 g/mol. The predicted molar refractivity (Wildman–Crippen MR) is 112 cm³/mol. The van der Waals surface area contributed by atoms with Gasteiger partial charge in [-0.2, -0.15) is 0 Å². The maximum Gasteiger partial charge on any atom is 0.261 e. The summed E-state index contributed by atoms with van der Waals surface area (Å²) in [6, 6.07) is 11.3. The van der Waals surface area contributed by atoms with Crippen molar-refractivity contribution in [2.24, 2.45) is 0 Å². The second kappa shape index (κ2) is 8.63. The number of ether oxygens (including phenoxy) is 1. The van der Waals surface area contributed by atoms with Crippen molar-refractivity contribution < 1.29 is 17.9 Å². The van der Waals surface area contributed by atoms with Crippen LogP contribution in [0.2, 0.25) is 0 Å². The number of sulfonamides is 1. The third-order valence-electron chi connectivity index (χ3n) is 4.65. The normalized spacial score (nSPS) is 17.9. The highest BCUT2D eigenvalue weighted by atomic mass is 79.9. The van der Waals surface area contributed by atoms with Crippen molar-refractivity contribution >= 4 is 37.5 Å². The van der Waals surface area contributed by atoms with Crippen LogP contribution in [0, 0.1) is 6.92 Å². The Balaban J connectivity index is 1.77. The van der Waals surface area contributed by atoms with Crippen LogP contribution in [0.1, 0.15) is 35.7 Å². The summed E-state index contributed by atoms with van der Waals surface area (Å²) in [4.78, 5) is 12.6. The molecule has 1 amide bonds. The van der Waals surface area contributed by atoms with Gasteiger partial charge in [-0.1, -0.05) is 12.1 Å². The number of benzene rings is 2. The SMILES string of the molecule is Cc1ccc(Br)c(NS(=O)(=O)c2cccc(C(=O)N[C@H](C)[C@@H]3CCCO3)c2)c1. The Bertz CT molecular complexity index is 972. The van der Waals surface area contributed by atoms with E-state index in [4.69, 9.17) is 4.74 Å². The van der Waals surface area contributed by atoms with Crippen molar-refractivity contribution in [3.05, 3.63) is 58.1 Å². The van der Waals surface area contributed by atoms with Crippen LogP contribution in [-0.4, -0.2) is 33.1 Å². The Labute approximate surface area is 173 Å². The number of hydrogen-bond donors (Lipinski definition) is 2. The minimum absolute atomic E-state index is 0.00352. The first-order valence-electron chi connectivity index (χ1n) is 9.08. The molecule has 0 radical (unpaired) electrons. The van der Waals surface area contributed by atoms with Gasteiger partial charge in [-0.05, 0) is 78.5 Å². The van der Waals surface area contributed by atoms with E-state index in [-0.39, 0.29) is 28.5 Å². The lowest BCUT2D eigenvalue weighted by Crippen LogP contribution is -2.40. The van der Waals surface area contributed by atoms with Crippen molar-refractivity contribution in [2.45, 2.75) is 43.7 Å². The number of nitrogens with one attached hydrogen (secondary N) is 2. The van der Waals surface area contributed by atoms with Gasteiger partial charge in [-0.25, -0.2) is 8.42 Å². The molecule has 0 saturated carbocycles. The molecule has 1 heterocycles. The van der Waals surface area contributed by atoms with Gasteiger partial charge in [0.05, 0.1) is 22.7 Å². The summed E-state index contributed by atoms with van der Waals surface area (Å²) in [6.45, 7) is 4.48. The van der Waals surface area contributed by atoms with E-state index in [9.17, 15) is 13.2 Å². The highest BCUT2D eigenvalue weighted by Gasteiger charge is 2.24. The van der Waals surface area contributed by atoms with E-state index >= 15 is 0 Å². The van der Waals surface area contributed by atoms with Gasteiger partial charge in [0.15, 0.2) is 0 Å². The Morgan fingerprint density at radius 2 is 2.04 bits per heavy atom. The Morgan fingerprint density at radius 3 is 2.75 bits per heavy atom. The summed E-state index contributed by atoms with van der Waals surface area (Å²) in [6.07, 6.45) is 1.89. The van der Waals surface area contributed by atoms with Crippen molar-refractivity contribution in [2.75, 3.05) is 11.3 Å². The van der Waals surface area contributed by atoms with Crippen LogP contribution in [-0.2, 0) is 14.8 Å². The van der Waals surface area contributed by atoms with Crippen molar-refractivity contribution in [3.8, 4) is 0 Å². The highest BCUT2D eigenvalue weighted by molar-refractivity contribution is 9.10. The molecule has 1 fully saturated rings. The van der Waals surface area contributed by atoms with E-state index in [1.54, 1.807) is 24.3 Å². The molecule has 0 aromatic heterocycles. The Kier molecular flexibility index (Phi) is 6.42. The van der Waals surface area contributed by atoms with Crippen LogP contribution in [0.4, 0.5) is 5.69 Å². The molecule has 2 N–H and O–H groups in total. The van der Waals surface area contributed by atoms with Crippen LogP contribution >= 0.6 is 15.9 Å². The zero-order valence-electron chi connectivity index (χ0n) is 15.7. The number of aryl methyl sites for hydroxylation is 1. The number of anilines is 1. The minimum atomic E-state index is -3.84. The number of hydrogen-bond acceptors (Lipinski definition) is 4. The lowest BCUT2D eigenvalue weighted by molar-refractivity contribution is 0.0712. The Morgan fingerprint density at radius 1 is 1.25 bits per heavy atom. The van der Waals surface area contributed by atoms with Gasteiger partial charge < -0.3 is 10.1 Å². The molecule has 6 nitrogen and oxygen atoms in total. The fraction of sp³-hybridized carbons (Fsp3) is 0.350. The fourth-order valence-corrected chi connectivity index (χ4v) is 4.70. The zero-order chi connectivity index (χ0) is 20.3.